The van der Waals surface area contributed by atoms with Crippen LogP contribution in [0.5, 0.6) is 5.75 Å². The van der Waals surface area contributed by atoms with E-state index in [1.807, 2.05) is 0 Å². The molecule has 1 aromatic heterocycles. The van der Waals surface area contributed by atoms with Crippen molar-refractivity contribution in [2.24, 2.45) is 0 Å². The van der Waals surface area contributed by atoms with Crippen LogP contribution >= 0.6 is 0 Å². The molecule has 0 unspecified atom stereocenters. The molecule has 2 heterocycles. The van der Waals surface area contributed by atoms with Crippen LogP contribution in [0.4, 0.5) is 0 Å². The average molecular weight is 464 g/mol. The number of hydrogen-bond donors (Lipinski definition) is 1. The number of aliphatic hydroxyl groups excluding tert-OH is 1. The Hall–Kier alpha value is -3.44. The van der Waals surface area contributed by atoms with E-state index >= 15 is 0 Å². The van der Waals surface area contributed by atoms with Crippen LogP contribution < -0.4 is 10.4 Å². The first kappa shape index (κ1) is 24.2. The van der Waals surface area contributed by atoms with Crippen molar-refractivity contribution in [3.8, 4) is 5.75 Å². The third-order valence-electron chi connectivity index (χ3n) is 4.85. The molecule has 5 atom stereocenters. The van der Waals surface area contributed by atoms with E-state index < -0.39 is 60.8 Å². The van der Waals surface area contributed by atoms with Gasteiger partial charge in [0.05, 0.1) is 6.61 Å². The average Bonchev–Trinajstić information content (AvgIpc) is 2.70. The van der Waals surface area contributed by atoms with Gasteiger partial charge in [0.1, 0.15) is 17.4 Å². The molecule has 3 rings (SSSR count). The molecule has 1 aromatic carbocycles. The predicted octanol–water partition coefficient (Wildman–Crippen LogP) is 0.993. The quantitative estimate of drug-likeness (QED) is 0.371. The van der Waals surface area contributed by atoms with E-state index in [0.29, 0.717) is 10.9 Å². The van der Waals surface area contributed by atoms with Gasteiger partial charge in [0.25, 0.3) is 0 Å². The maximum Gasteiger partial charge on any atom is 0.336 e. The van der Waals surface area contributed by atoms with Gasteiger partial charge in [0.2, 0.25) is 12.4 Å². The lowest BCUT2D eigenvalue weighted by molar-refractivity contribution is -0.287. The second-order valence-corrected chi connectivity index (χ2v) is 7.47. The Balaban J connectivity index is 2.00. The van der Waals surface area contributed by atoms with Gasteiger partial charge in [-0.3, -0.25) is 14.4 Å². The fraction of sp³-hybridized carbons (Fsp3) is 0.455. The standard InChI is InChI=1S/C22H24O11/c1-10-7-18(27)32-16-8-14(5-6-15(10)16)31-22-21(30-13(4)26)20(29-12(3)25)19(28-11(2)24)17(9-23)33-22/h5-8,17,19-23H,9H2,1-4H3/t17-,19-,20+,21+,22-/m1/s1. The molecule has 0 saturated carbocycles. The van der Waals surface area contributed by atoms with Crippen LogP contribution in [0.3, 0.4) is 0 Å². The molecule has 1 aliphatic heterocycles. The Labute approximate surface area is 188 Å². The lowest BCUT2D eigenvalue weighted by Gasteiger charge is -2.43. The van der Waals surface area contributed by atoms with Crippen molar-refractivity contribution >= 4 is 28.9 Å². The summed E-state index contributed by atoms with van der Waals surface area (Å²) >= 11 is 0. The fourth-order valence-electron chi connectivity index (χ4n) is 3.61. The number of ether oxygens (including phenoxy) is 5. The summed E-state index contributed by atoms with van der Waals surface area (Å²) in [7, 11) is 0. The maximum absolute atomic E-state index is 11.8. The zero-order chi connectivity index (χ0) is 24.3. The minimum absolute atomic E-state index is 0.183. The molecule has 0 spiro atoms. The summed E-state index contributed by atoms with van der Waals surface area (Å²) in [4.78, 5) is 46.9. The van der Waals surface area contributed by atoms with Crippen molar-refractivity contribution in [1.82, 2.24) is 0 Å². The van der Waals surface area contributed by atoms with Crippen LogP contribution in [0.25, 0.3) is 11.0 Å². The fourth-order valence-corrected chi connectivity index (χ4v) is 3.61. The monoisotopic (exact) mass is 464 g/mol. The lowest BCUT2D eigenvalue weighted by atomic mass is 9.98. The topological polar surface area (TPSA) is 148 Å². The largest absolute Gasteiger partial charge is 0.461 e. The molecule has 33 heavy (non-hydrogen) atoms. The lowest BCUT2D eigenvalue weighted by Crippen LogP contribution is -2.63. The molecule has 1 saturated heterocycles. The molecule has 178 valence electrons. The summed E-state index contributed by atoms with van der Waals surface area (Å²) in [5, 5.41) is 10.5. The van der Waals surface area contributed by atoms with E-state index in [-0.39, 0.29) is 11.3 Å². The Kier molecular flexibility index (Phi) is 7.34. The summed E-state index contributed by atoms with van der Waals surface area (Å²) in [6, 6.07) is 6.05. The van der Waals surface area contributed by atoms with Crippen LogP contribution in [0.2, 0.25) is 0 Å². The second-order valence-electron chi connectivity index (χ2n) is 7.47. The van der Waals surface area contributed by atoms with E-state index in [0.717, 1.165) is 20.8 Å². The van der Waals surface area contributed by atoms with E-state index in [9.17, 15) is 24.3 Å². The molecule has 11 nitrogen and oxygen atoms in total. The molecular weight excluding hydrogens is 440 g/mol. The number of hydrogen-bond acceptors (Lipinski definition) is 11. The van der Waals surface area contributed by atoms with E-state index in [1.54, 1.807) is 19.1 Å². The molecular formula is C22H24O11. The number of fused-ring (bicyclic) bond motifs is 1. The van der Waals surface area contributed by atoms with Gasteiger partial charge in [-0.2, -0.15) is 0 Å². The van der Waals surface area contributed by atoms with Gasteiger partial charge in [0, 0.05) is 38.3 Å². The Morgan fingerprint density at radius 1 is 0.939 bits per heavy atom. The van der Waals surface area contributed by atoms with E-state index in [4.69, 9.17) is 28.1 Å². The van der Waals surface area contributed by atoms with Gasteiger partial charge >= 0.3 is 23.5 Å². The number of benzene rings is 1. The zero-order valence-corrected chi connectivity index (χ0v) is 18.4. The molecule has 0 amide bonds. The van der Waals surface area contributed by atoms with E-state index in [2.05, 4.69) is 0 Å². The Bertz CT molecular complexity index is 1110. The van der Waals surface area contributed by atoms with Gasteiger partial charge in [-0.1, -0.05) is 0 Å². The molecule has 1 aliphatic rings. The minimum Gasteiger partial charge on any atom is -0.461 e. The third kappa shape index (κ3) is 5.68. The molecule has 1 fully saturated rings. The normalized spacial score (nSPS) is 24.7. The number of carbonyl (C=O) groups excluding carboxylic acids is 3. The third-order valence-corrected chi connectivity index (χ3v) is 4.85. The molecule has 0 radical (unpaired) electrons. The van der Waals surface area contributed by atoms with Gasteiger partial charge < -0.3 is 33.2 Å². The number of aliphatic hydroxyl groups is 1. The first-order chi connectivity index (χ1) is 15.6. The van der Waals surface area contributed by atoms with Crippen molar-refractivity contribution in [2.45, 2.75) is 58.4 Å². The first-order valence-corrected chi connectivity index (χ1v) is 10.1. The summed E-state index contributed by atoms with van der Waals surface area (Å²) < 4.78 is 32.6. The predicted molar refractivity (Wildman–Crippen MR) is 110 cm³/mol. The van der Waals surface area contributed by atoms with Crippen molar-refractivity contribution < 1.29 is 47.6 Å². The van der Waals surface area contributed by atoms with Crippen molar-refractivity contribution in [3.63, 3.8) is 0 Å². The highest BCUT2D eigenvalue weighted by Crippen LogP contribution is 2.31. The van der Waals surface area contributed by atoms with E-state index in [1.165, 1.54) is 12.1 Å². The first-order valence-electron chi connectivity index (χ1n) is 10.1. The molecule has 11 heteroatoms. The number of esters is 3. The van der Waals surface area contributed by atoms with Gasteiger partial charge in [-0.25, -0.2) is 4.79 Å². The summed E-state index contributed by atoms with van der Waals surface area (Å²) in [5.74, 6) is -2.02. The van der Waals surface area contributed by atoms with Crippen LogP contribution in [-0.4, -0.2) is 60.3 Å². The zero-order valence-electron chi connectivity index (χ0n) is 18.4. The highest BCUT2D eigenvalue weighted by molar-refractivity contribution is 5.81. The molecule has 0 bridgehead atoms. The van der Waals surface area contributed by atoms with Gasteiger partial charge in [-0.15, -0.1) is 0 Å². The number of carbonyl (C=O) groups is 3. The Morgan fingerprint density at radius 3 is 2.15 bits per heavy atom. The number of rotatable bonds is 6. The summed E-state index contributed by atoms with van der Waals surface area (Å²) in [6.45, 7) is 4.53. The summed E-state index contributed by atoms with van der Waals surface area (Å²) in [6.07, 6.45) is -6.46. The highest BCUT2D eigenvalue weighted by atomic mass is 16.7. The van der Waals surface area contributed by atoms with Crippen molar-refractivity contribution in [1.29, 1.82) is 0 Å². The Morgan fingerprint density at radius 2 is 1.55 bits per heavy atom. The minimum atomic E-state index is -1.36. The number of aryl methyl sites for hydroxylation is 1. The maximum atomic E-state index is 11.8. The van der Waals surface area contributed by atoms with Crippen LogP contribution in [0, 0.1) is 6.92 Å². The SMILES string of the molecule is CC(=O)O[C@@H]1[C@H](OC(C)=O)[C@H](Oc2ccc3c(C)cc(=O)oc3c2)O[C@H](CO)[C@H]1OC(C)=O. The van der Waals surface area contributed by atoms with Gasteiger partial charge in [-0.05, 0) is 24.6 Å². The second kappa shape index (κ2) is 10.0. The van der Waals surface area contributed by atoms with Crippen LogP contribution in [0.15, 0.2) is 33.5 Å². The molecule has 2 aromatic rings. The van der Waals surface area contributed by atoms with Crippen molar-refractivity contribution in [3.05, 3.63) is 40.2 Å². The highest BCUT2D eigenvalue weighted by Gasteiger charge is 2.52. The van der Waals surface area contributed by atoms with Crippen molar-refractivity contribution in [2.75, 3.05) is 6.61 Å². The van der Waals surface area contributed by atoms with Crippen LogP contribution in [-0.2, 0) is 33.3 Å². The smallest absolute Gasteiger partial charge is 0.336 e. The van der Waals surface area contributed by atoms with Crippen LogP contribution in [0.1, 0.15) is 26.3 Å². The van der Waals surface area contributed by atoms with Gasteiger partial charge in [0.15, 0.2) is 12.2 Å². The molecule has 0 aliphatic carbocycles. The summed E-state index contributed by atoms with van der Waals surface area (Å²) in [5.41, 5.74) is 0.424. The molecule has 1 N–H and O–H groups in total.